The molecule has 0 aromatic carbocycles. The minimum atomic E-state index is -0.106. The molecular formula is C26H44N6O3. The first-order chi connectivity index (χ1) is 16.6. The van der Waals surface area contributed by atoms with E-state index < -0.39 is 0 Å². The fourth-order valence-electron chi connectivity index (χ4n) is 3.76. The Bertz CT molecular complexity index is 721. The molecule has 1 saturated heterocycles. The molecule has 3 amide bonds. The average molecular weight is 489 g/mol. The number of nitriles is 2. The lowest BCUT2D eigenvalue weighted by Gasteiger charge is -2.41. The van der Waals surface area contributed by atoms with Crippen LogP contribution in [-0.4, -0.2) is 77.2 Å². The minimum absolute atomic E-state index is 0.00167. The highest BCUT2D eigenvalue weighted by atomic mass is 16.2. The van der Waals surface area contributed by atoms with Crippen LogP contribution in [0.2, 0.25) is 0 Å². The molecule has 35 heavy (non-hydrogen) atoms. The second-order valence-corrected chi connectivity index (χ2v) is 8.51. The van der Waals surface area contributed by atoms with Gasteiger partial charge in [0.2, 0.25) is 11.8 Å². The molecule has 1 heterocycles. The Morgan fingerprint density at radius 2 is 1.46 bits per heavy atom. The van der Waals surface area contributed by atoms with Gasteiger partial charge in [-0.2, -0.15) is 10.5 Å². The van der Waals surface area contributed by atoms with Gasteiger partial charge >= 0.3 is 5.91 Å². The van der Waals surface area contributed by atoms with E-state index in [1.54, 1.807) is 16.8 Å². The predicted octanol–water partition coefficient (Wildman–Crippen LogP) is 4.01. The summed E-state index contributed by atoms with van der Waals surface area (Å²) in [7, 11) is 1.71. The number of carbonyl (C=O) groups is 3. The fourth-order valence-corrected chi connectivity index (χ4v) is 3.76. The summed E-state index contributed by atoms with van der Waals surface area (Å²) in [5, 5.41) is 16.8. The Balaban J connectivity index is 0. The van der Waals surface area contributed by atoms with Crippen LogP contribution in [0.15, 0.2) is 0 Å². The van der Waals surface area contributed by atoms with Crippen molar-refractivity contribution in [2.45, 2.75) is 105 Å². The van der Waals surface area contributed by atoms with Crippen molar-refractivity contribution in [3.8, 4) is 12.1 Å². The summed E-state index contributed by atoms with van der Waals surface area (Å²) in [5.74, 6) is -0.159. The second kappa shape index (κ2) is 20.3. The second-order valence-electron chi connectivity index (χ2n) is 8.51. The molecule has 0 spiro atoms. The van der Waals surface area contributed by atoms with Crippen molar-refractivity contribution in [2.24, 2.45) is 0 Å². The van der Waals surface area contributed by atoms with Crippen molar-refractivity contribution in [3.05, 3.63) is 11.4 Å². The molecule has 196 valence electrons. The zero-order chi connectivity index (χ0) is 27.4. The third-order valence-electron chi connectivity index (χ3n) is 6.05. The summed E-state index contributed by atoms with van der Waals surface area (Å²) in [4.78, 5) is 41.8. The van der Waals surface area contributed by atoms with Crippen LogP contribution in [0.25, 0.3) is 4.85 Å². The fraction of sp³-hybridized carbons (Fsp3) is 0.769. The van der Waals surface area contributed by atoms with Gasteiger partial charge in [0.05, 0.1) is 12.1 Å². The third-order valence-corrected chi connectivity index (χ3v) is 6.05. The number of likely N-dealkylation sites (N-methyl/N-ethyl adjacent to an activating group) is 1. The topological polar surface area (TPSA) is 113 Å². The number of carbonyl (C=O) groups excluding carboxylic acids is 3. The van der Waals surface area contributed by atoms with E-state index in [2.05, 4.69) is 18.7 Å². The van der Waals surface area contributed by atoms with Crippen LogP contribution in [-0.2, 0) is 14.4 Å². The van der Waals surface area contributed by atoms with Crippen LogP contribution in [0.3, 0.4) is 0 Å². The van der Waals surface area contributed by atoms with E-state index in [4.69, 9.17) is 17.1 Å². The Kier molecular flexibility index (Phi) is 19.7. The van der Waals surface area contributed by atoms with Gasteiger partial charge in [-0.15, -0.1) is 0 Å². The zero-order valence-electron chi connectivity index (χ0n) is 22.7. The van der Waals surface area contributed by atoms with Crippen molar-refractivity contribution in [1.29, 1.82) is 10.5 Å². The third kappa shape index (κ3) is 13.4. The van der Waals surface area contributed by atoms with Crippen LogP contribution < -0.4 is 0 Å². The first kappa shape index (κ1) is 34.0. The molecule has 9 heteroatoms. The van der Waals surface area contributed by atoms with E-state index in [0.29, 0.717) is 25.2 Å². The Hall–Kier alpha value is -3.12. The number of amides is 3. The molecule has 1 aliphatic rings. The summed E-state index contributed by atoms with van der Waals surface area (Å²) < 4.78 is 0. The Morgan fingerprint density at radius 3 is 1.80 bits per heavy atom. The van der Waals surface area contributed by atoms with Gasteiger partial charge in [-0.05, 0) is 59.8 Å². The summed E-state index contributed by atoms with van der Waals surface area (Å²) in [5.41, 5.74) is 0. The summed E-state index contributed by atoms with van der Waals surface area (Å²) in [6.07, 6.45) is 5.47. The molecule has 1 rings (SSSR count). The maximum Gasteiger partial charge on any atom is 0.302 e. The molecule has 1 aliphatic heterocycles. The van der Waals surface area contributed by atoms with Crippen LogP contribution in [0.4, 0.5) is 0 Å². The molecule has 9 nitrogen and oxygen atoms in total. The molecule has 1 fully saturated rings. The molecule has 0 N–H and O–H groups in total. The Labute approximate surface area is 212 Å². The zero-order valence-corrected chi connectivity index (χ0v) is 22.7. The SMILES string of the molecule is CCC1CCCC(CC)N1C(=O)CC#N.CCN(CC)C(=O)CC#N.[C-]#[N+]CC(=O)N(C)C(C)C. The largest absolute Gasteiger partial charge is 0.342 e. The highest BCUT2D eigenvalue weighted by Crippen LogP contribution is 2.27. The van der Waals surface area contributed by atoms with Gasteiger partial charge in [-0.25, -0.2) is 6.57 Å². The van der Waals surface area contributed by atoms with E-state index in [0.717, 1.165) is 25.7 Å². The predicted molar refractivity (Wildman–Crippen MR) is 137 cm³/mol. The van der Waals surface area contributed by atoms with Gasteiger partial charge < -0.3 is 19.5 Å². The van der Waals surface area contributed by atoms with Crippen LogP contribution >= 0.6 is 0 Å². The first-order valence-electron chi connectivity index (χ1n) is 12.5. The first-order valence-corrected chi connectivity index (χ1v) is 12.5. The number of piperidine rings is 1. The minimum Gasteiger partial charge on any atom is -0.342 e. The number of hydrogen-bond acceptors (Lipinski definition) is 5. The number of rotatable bonds is 8. The van der Waals surface area contributed by atoms with Crippen molar-refractivity contribution in [3.63, 3.8) is 0 Å². The summed E-state index contributed by atoms with van der Waals surface area (Å²) in [6.45, 7) is 19.7. The van der Waals surface area contributed by atoms with Crippen LogP contribution in [0, 0.1) is 29.2 Å². The smallest absolute Gasteiger partial charge is 0.302 e. The quantitative estimate of drug-likeness (QED) is 0.479. The molecule has 0 saturated carbocycles. The number of hydrogen-bond donors (Lipinski definition) is 0. The van der Waals surface area contributed by atoms with Gasteiger partial charge in [-0.3, -0.25) is 14.4 Å². The monoisotopic (exact) mass is 488 g/mol. The molecule has 0 aromatic heterocycles. The van der Waals surface area contributed by atoms with E-state index in [1.165, 1.54) is 6.42 Å². The number of nitrogens with zero attached hydrogens (tertiary/aromatic N) is 6. The lowest BCUT2D eigenvalue weighted by atomic mass is 9.92. The maximum atomic E-state index is 11.8. The van der Waals surface area contributed by atoms with Crippen LogP contribution in [0.1, 0.15) is 86.5 Å². The average Bonchev–Trinajstić information content (AvgIpc) is 2.84. The molecule has 0 aliphatic carbocycles. The van der Waals surface area contributed by atoms with E-state index in [-0.39, 0.29) is 43.1 Å². The van der Waals surface area contributed by atoms with Crippen molar-refractivity contribution >= 4 is 17.7 Å². The van der Waals surface area contributed by atoms with Gasteiger partial charge in [0.15, 0.2) is 0 Å². The van der Waals surface area contributed by atoms with Crippen molar-refractivity contribution in [1.82, 2.24) is 14.7 Å². The van der Waals surface area contributed by atoms with Gasteiger partial charge in [0.1, 0.15) is 12.8 Å². The standard InChI is InChI=1S/C12H20N2O.2C7H12N2O/c1-3-10-6-5-7-11(4-2)14(10)12(15)8-9-13;1-6(2)9(4)7(10)5-8-3;1-3-9(4-2)7(10)5-6-8/h10-11H,3-8H2,1-2H3;6H,5H2,1-2,4H3;3-5H2,1-2H3. The van der Waals surface area contributed by atoms with Crippen LogP contribution in [0.5, 0.6) is 0 Å². The maximum absolute atomic E-state index is 11.8. The van der Waals surface area contributed by atoms with Crippen molar-refractivity contribution < 1.29 is 14.4 Å². The highest BCUT2D eigenvalue weighted by Gasteiger charge is 2.31. The molecular weight excluding hydrogens is 444 g/mol. The van der Waals surface area contributed by atoms with Gasteiger partial charge in [0.25, 0.3) is 6.54 Å². The lowest BCUT2D eigenvalue weighted by Crippen LogP contribution is -2.49. The molecule has 2 unspecified atom stereocenters. The molecule has 0 aromatic rings. The summed E-state index contributed by atoms with van der Waals surface area (Å²) in [6, 6.07) is 4.71. The van der Waals surface area contributed by atoms with E-state index in [9.17, 15) is 14.4 Å². The van der Waals surface area contributed by atoms with Crippen molar-refractivity contribution in [2.75, 3.05) is 26.7 Å². The molecule has 0 bridgehead atoms. The van der Waals surface area contributed by atoms with E-state index >= 15 is 0 Å². The van der Waals surface area contributed by atoms with Gasteiger partial charge in [-0.1, -0.05) is 13.8 Å². The highest BCUT2D eigenvalue weighted by molar-refractivity contribution is 5.80. The lowest BCUT2D eigenvalue weighted by molar-refractivity contribution is -0.137. The van der Waals surface area contributed by atoms with Gasteiger partial charge in [0, 0.05) is 38.3 Å². The number of likely N-dealkylation sites (tertiary alicyclic amines) is 1. The molecule has 2 atom stereocenters. The summed E-state index contributed by atoms with van der Waals surface area (Å²) >= 11 is 0. The molecule has 0 radical (unpaired) electrons. The Morgan fingerprint density at radius 1 is 0.971 bits per heavy atom. The van der Waals surface area contributed by atoms with E-state index in [1.807, 2.05) is 44.7 Å². The normalized spacial score (nSPS) is 16.2.